The fourth-order valence-electron chi connectivity index (χ4n) is 8.39. The van der Waals surface area contributed by atoms with Gasteiger partial charge in [-0.3, -0.25) is 19.2 Å². The Morgan fingerprint density at radius 1 is 0.658 bits per heavy atom. The molecule has 2 aliphatic rings. The molecule has 0 unspecified atom stereocenters. The Balaban J connectivity index is 0.00000624. The summed E-state index contributed by atoms with van der Waals surface area (Å²) in [4.78, 5) is 58.3. The Labute approximate surface area is 456 Å². The van der Waals surface area contributed by atoms with E-state index in [0.29, 0.717) is 45.2 Å². The summed E-state index contributed by atoms with van der Waals surface area (Å²) in [5, 5.41) is 30.7. The Kier molecular flexibility index (Phi) is 23.3. The maximum Gasteiger partial charge on any atom is 0.272 e. The van der Waals surface area contributed by atoms with Gasteiger partial charge in [0.25, 0.3) is 10.3 Å². The number of benzene rings is 2. The van der Waals surface area contributed by atoms with Gasteiger partial charge in [-0.05, 0) is 131 Å². The van der Waals surface area contributed by atoms with Gasteiger partial charge in [0.05, 0.1) is 53.2 Å². The number of tetrazole rings is 2. The van der Waals surface area contributed by atoms with Crippen LogP contribution in [0.2, 0.25) is 0 Å². The number of ether oxygens (including phenoxy) is 2. The van der Waals surface area contributed by atoms with Gasteiger partial charge < -0.3 is 35.2 Å². The molecule has 0 saturated carbocycles. The number of carbonyl (C=O) groups is 4. The molecule has 2 aliphatic heterocycles. The van der Waals surface area contributed by atoms with Crippen LogP contribution in [0, 0.1) is 43.4 Å². The lowest BCUT2D eigenvalue weighted by Gasteiger charge is -2.32. The molecule has 0 aliphatic carbocycles. The number of aryl methyl sites for hydroxylation is 2. The molecule has 2 aromatic heterocycles. The van der Waals surface area contributed by atoms with Crippen molar-refractivity contribution in [2.45, 2.75) is 156 Å². The number of amides is 4. The highest BCUT2D eigenvalue weighted by molar-refractivity contribution is 7.91. The summed E-state index contributed by atoms with van der Waals surface area (Å²) in [7, 11) is -6.54. The minimum absolute atomic E-state index is 0. The van der Waals surface area contributed by atoms with Crippen LogP contribution in [0.25, 0.3) is 0 Å². The molecule has 76 heavy (non-hydrogen) atoms. The zero-order chi connectivity index (χ0) is 53.7. The van der Waals surface area contributed by atoms with Gasteiger partial charge in [0.2, 0.25) is 43.3 Å². The van der Waals surface area contributed by atoms with Crippen molar-refractivity contribution in [1.82, 2.24) is 66.2 Å². The summed E-state index contributed by atoms with van der Waals surface area (Å²) in [6, 6.07) is 8.80. The maximum absolute atomic E-state index is 14.3. The molecule has 27 heteroatoms. The fraction of sp³-hybridized carbons (Fsp3) is 0.551. The van der Waals surface area contributed by atoms with Crippen LogP contribution >= 0.6 is 24.8 Å². The summed E-state index contributed by atoms with van der Waals surface area (Å²) < 4.78 is 68.4. The van der Waals surface area contributed by atoms with E-state index < -0.39 is 85.7 Å². The highest BCUT2D eigenvalue weighted by Crippen LogP contribution is 2.26. The van der Waals surface area contributed by atoms with Crippen molar-refractivity contribution in [2.75, 3.05) is 33.4 Å². The number of rotatable bonds is 22. The van der Waals surface area contributed by atoms with Crippen LogP contribution in [0.5, 0.6) is 0 Å². The number of sulfone groups is 2. The van der Waals surface area contributed by atoms with Gasteiger partial charge in [0.1, 0.15) is 25.3 Å². The van der Waals surface area contributed by atoms with Crippen molar-refractivity contribution in [3.63, 3.8) is 0 Å². The third-order valence-corrected chi connectivity index (χ3v) is 16.6. The molecule has 0 radical (unpaired) electrons. The van der Waals surface area contributed by atoms with E-state index in [-0.39, 0.29) is 77.1 Å². The standard InChI is InChI=1S/C49H65N13O10S2.2ClH/c1-9-34(4)44(63)51-42(46(65)59-26-14-16-38(59)30-61-48(53-55-57-61)73(67,68)40-22-18-32(2)19-23-40)36(6)71-28-12-10-11-13-29-72-37(7)43(52-45(64)35(5)50-8)47(66)60-27-15-17-39(60)31-62-49(54-56-58-62)74(69,70)41-24-20-33(3)21-25-41;;/h18-25,34-39,42-43,50H,9,14-17,26-31H2,1-8H3,(H,51,63)(H,52,64);2*1H/t34-,35+,36-,37-,38+,39+,42+,43+;;/m1../s1. The SMILES string of the molecule is CC[C@@H](C)C(=O)N[C@H](C(=O)N1CCC[C@H]1Cn1nnnc1S(=O)(=O)c1ccc(C)cc1)[C@@H](C)OCC#CC#CCO[C@H](C)[C@H](NC(=O)[C@H](C)NC)C(=O)N1CCC[C@H]1Cn1nnnc1S(=O)(=O)c1ccc(C)cc1.Cl.Cl. The van der Waals surface area contributed by atoms with Gasteiger partial charge in [-0.25, -0.2) is 26.2 Å². The normalized spacial score (nSPS) is 17.7. The Morgan fingerprint density at radius 2 is 1.05 bits per heavy atom. The van der Waals surface area contributed by atoms with Gasteiger partial charge in [-0.15, -0.1) is 24.8 Å². The smallest absolute Gasteiger partial charge is 0.272 e. The van der Waals surface area contributed by atoms with Crippen LogP contribution in [0.3, 0.4) is 0 Å². The molecule has 4 heterocycles. The van der Waals surface area contributed by atoms with E-state index in [1.807, 2.05) is 20.8 Å². The van der Waals surface area contributed by atoms with E-state index in [9.17, 15) is 36.0 Å². The second kappa shape index (κ2) is 28.4. The largest absolute Gasteiger partial charge is 0.363 e. The van der Waals surface area contributed by atoms with E-state index >= 15 is 0 Å². The molecule has 2 fully saturated rings. The molecule has 6 rings (SSSR count). The van der Waals surface area contributed by atoms with E-state index in [1.165, 1.54) is 33.6 Å². The van der Waals surface area contributed by atoms with Gasteiger partial charge in [0, 0.05) is 19.0 Å². The lowest BCUT2D eigenvalue weighted by molar-refractivity contribution is -0.142. The van der Waals surface area contributed by atoms with Crippen LogP contribution in [0.1, 0.15) is 77.8 Å². The number of likely N-dealkylation sites (tertiary alicyclic amines) is 2. The molecule has 0 spiro atoms. The first-order valence-corrected chi connectivity index (χ1v) is 27.5. The summed E-state index contributed by atoms with van der Waals surface area (Å²) in [5.74, 6) is 8.97. The molecule has 414 valence electrons. The van der Waals surface area contributed by atoms with Crippen LogP contribution in [-0.2, 0) is 61.4 Å². The molecule has 23 nitrogen and oxygen atoms in total. The van der Waals surface area contributed by atoms with Gasteiger partial charge in [-0.2, -0.15) is 0 Å². The number of nitrogens with one attached hydrogen (secondary N) is 3. The number of halogens is 2. The molecular formula is C49H67Cl2N13O10S2. The Hall–Kier alpha value is -6.06. The predicted molar refractivity (Wildman–Crippen MR) is 281 cm³/mol. The maximum atomic E-state index is 14.3. The van der Waals surface area contributed by atoms with E-state index in [2.05, 4.69) is 70.7 Å². The molecular weight excluding hydrogens is 1070 g/mol. The number of carbonyl (C=O) groups excluding carboxylic acids is 4. The van der Waals surface area contributed by atoms with Crippen molar-refractivity contribution >= 4 is 68.1 Å². The number of hydrogen-bond acceptors (Lipinski definition) is 17. The second-order valence-corrected chi connectivity index (χ2v) is 22.2. The first-order chi connectivity index (χ1) is 35.3. The first-order valence-electron chi connectivity index (χ1n) is 24.5. The summed E-state index contributed by atoms with van der Waals surface area (Å²) in [6.07, 6.45) is 1.13. The molecule has 8 atom stereocenters. The minimum atomic E-state index is -4.08. The number of hydrogen-bond donors (Lipinski definition) is 3. The Bertz CT molecular complexity index is 2780. The van der Waals surface area contributed by atoms with Gasteiger partial charge >= 0.3 is 0 Å². The third-order valence-electron chi connectivity index (χ3n) is 13.3. The minimum Gasteiger partial charge on any atom is -0.363 e. The second-order valence-electron chi connectivity index (χ2n) is 18.5. The lowest BCUT2D eigenvalue weighted by Crippen LogP contribution is -2.58. The highest BCUT2D eigenvalue weighted by Gasteiger charge is 2.41. The Morgan fingerprint density at radius 3 is 1.43 bits per heavy atom. The van der Waals surface area contributed by atoms with E-state index in [1.54, 1.807) is 68.8 Å². The van der Waals surface area contributed by atoms with Crippen molar-refractivity contribution < 1.29 is 45.5 Å². The average molecular weight is 1130 g/mol. The van der Waals surface area contributed by atoms with E-state index in [0.717, 1.165) is 11.1 Å². The first kappa shape index (κ1) is 62.5. The van der Waals surface area contributed by atoms with Crippen molar-refractivity contribution in [3.05, 3.63) is 59.7 Å². The van der Waals surface area contributed by atoms with Crippen LogP contribution in [0.4, 0.5) is 0 Å². The van der Waals surface area contributed by atoms with Gasteiger partial charge in [0.15, 0.2) is 0 Å². The molecule has 0 bridgehead atoms. The van der Waals surface area contributed by atoms with Crippen molar-refractivity contribution in [2.24, 2.45) is 5.92 Å². The fourth-order valence-corrected chi connectivity index (χ4v) is 10.9. The predicted octanol–water partition coefficient (Wildman–Crippen LogP) is 1.91. The third kappa shape index (κ3) is 15.3. The average Bonchev–Trinajstić information content (AvgIpc) is 4.24. The van der Waals surface area contributed by atoms with E-state index in [4.69, 9.17) is 9.47 Å². The zero-order valence-corrected chi connectivity index (χ0v) is 47.0. The van der Waals surface area contributed by atoms with Crippen LogP contribution in [-0.4, -0.2) is 166 Å². The molecule has 2 saturated heterocycles. The number of aromatic nitrogens is 8. The zero-order valence-electron chi connectivity index (χ0n) is 43.7. The highest BCUT2D eigenvalue weighted by atomic mass is 35.5. The topological polar surface area (TPSA) is 285 Å². The quantitative estimate of drug-likeness (QED) is 0.0948. The van der Waals surface area contributed by atoms with Crippen LogP contribution < -0.4 is 16.0 Å². The van der Waals surface area contributed by atoms with Crippen molar-refractivity contribution in [1.29, 1.82) is 0 Å². The summed E-state index contributed by atoms with van der Waals surface area (Å²) in [5.41, 5.74) is 1.77. The van der Waals surface area contributed by atoms with Gasteiger partial charge in [-0.1, -0.05) is 71.3 Å². The molecule has 2 aromatic carbocycles. The van der Waals surface area contributed by atoms with Crippen molar-refractivity contribution in [3.8, 4) is 23.7 Å². The lowest BCUT2D eigenvalue weighted by atomic mass is 10.1. The summed E-state index contributed by atoms with van der Waals surface area (Å²) >= 11 is 0. The number of likely N-dealkylation sites (N-methyl/N-ethyl adjacent to an activating group) is 1. The number of nitrogens with zero attached hydrogens (tertiary/aromatic N) is 10. The molecule has 3 N–H and O–H groups in total. The van der Waals surface area contributed by atoms with Crippen LogP contribution in [0.15, 0.2) is 68.6 Å². The molecule has 4 amide bonds. The summed E-state index contributed by atoms with van der Waals surface area (Å²) in [6.45, 7) is 12.6. The monoisotopic (exact) mass is 1130 g/mol. The molecule has 4 aromatic rings.